The molecule has 0 radical (unpaired) electrons. The fourth-order valence-corrected chi connectivity index (χ4v) is 2.14. The number of hydrogen-bond donors (Lipinski definition) is 1. The van der Waals surface area contributed by atoms with Crippen LogP contribution in [0, 0.1) is 20.8 Å². The van der Waals surface area contributed by atoms with Gasteiger partial charge in [-0.25, -0.2) is 9.50 Å². The van der Waals surface area contributed by atoms with Gasteiger partial charge in [-0.15, -0.1) is 0 Å². The van der Waals surface area contributed by atoms with Gasteiger partial charge in [0.2, 0.25) is 0 Å². The van der Waals surface area contributed by atoms with E-state index in [1.165, 1.54) is 5.56 Å². The Kier molecular flexibility index (Phi) is 3.17. The number of nitrogens with one attached hydrogen (secondary N) is 1. The third kappa shape index (κ3) is 2.63. The summed E-state index contributed by atoms with van der Waals surface area (Å²) < 4.78 is 1.62. The monoisotopic (exact) mass is 280 g/mol. The van der Waals surface area contributed by atoms with E-state index in [-0.39, 0.29) is 5.91 Å². The topological polar surface area (TPSA) is 59.3 Å². The van der Waals surface area contributed by atoms with Crippen LogP contribution < -0.4 is 5.32 Å². The van der Waals surface area contributed by atoms with E-state index in [0.29, 0.717) is 5.69 Å². The summed E-state index contributed by atoms with van der Waals surface area (Å²) in [6.45, 7) is 5.95. The molecule has 1 amide bonds. The zero-order chi connectivity index (χ0) is 15.0. The van der Waals surface area contributed by atoms with E-state index in [2.05, 4.69) is 15.4 Å². The van der Waals surface area contributed by atoms with Crippen LogP contribution >= 0.6 is 0 Å². The first-order valence-corrected chi connectivity index (χ1v) is 6.74. The van der Waals surface area contributed by atoms with Crippen molar-refractivity contribution in [3.8, 4) is 0 Å². The molecular formula is C16H16N4O. The fourth-order valence-electron chi connectivity index (χ4n) is 2.14. The Labute approximate surface area is 122 Å². The summed E-state index contributed by atoms with van der Waals surface area (Å²) in [5, 5.41) is 7.14. The Morgan fingerprint density at radius 2 is 1.90 bits per heavy atom. The van der Waals surface area contributed by atoms with Crippen molar-refractivity contribution in [3.05, 3.63) is 59.0 Å². The van der Waals surface area contributed by atoms with Crippen molar-refractivity contribution in [1.82, 2.24) is 14.6 Å². The minimum Gasteiger partial charge on any atom is -0.321 e. The highest BCUT2D eigenvalue weighted by molar-refractivity contribution is 6.02. The molecule has 1 N–H and O–H groups in total. The lowest BCUT2D eigenvalue weighted by Crippen LogP contribution is -2.15. The molecule has 0 aliphatic rings. The minimum atomic E-state index is -0.230. The van der Waals surface area contributed by atoms with Gasteiger partial charge in [0.05, 0.1) is 11.9 Å². The zero-order valence-corrected chi connectivity index (χ0v) is 12.2. The average Bonchev–Trinajstić information content (AvgIpc) is 2.82. The normalized spacial score (nSPS) is 10.8. The first kappa shape index (κ1) is 13.3. The van der Waals surface area contributed by atoms with Gasteiger partial charge in [-0.05, 0) is 56.2 Å². The van der Waals surface area contributed by atoms with Crippen LogP contribution in [0.15, 0.2) is 36.5 Å². The van der Waals surface area contributed by atoms with Gasteiger partial charge in [0, 0.05) is 5.69 Å². The first-order valence-electron chi connectivity index (χ1n) is 6.74. The van der Waals surface area contributed by atoms with Gasteiger partial charge >= 0.3 is 0 Å². The van der Waals surface area contributed by atoms with Crippen LogP contribution in [0.1, 0.15) is 27.3 Å². The molecule has 0 unspecified atom stereocenters. The Bertz CT molecular complexity index is 835. The number of hydrogen-bond acceptors (Lipinski definition) is 3. The van der Waals surface area contributed by atoms with Crippen molar-refractivity contribution in [2.75, 3.05) is 5.32 Å². The van der Waals surface area contributed by atoms with Gasteiger partial charge in [0.25, 0.3) is 5.91 Å². The van der Waals surface area contributed by atoms with Gasteiger partial charge in [-0.1, -0.05) is 6.07 Å². The van der Waals surface area contributed by atoms with E-state index in [9.17, 15) is 4.79 Å². The highest BCUT2D eigenvalue weighted by Gasteiger charge is 2.10. The van der Waals surface area contributed by atoms with Gasteiger partial charge in [0.1, 0.15) is 5.69 Å². The molecule has 0 saturated carbocycles. The Hall–Kier alpha value is -2.69. The largest absolute Gasteiger partial charge is 0.321 e. The molecule has 3 aromatic rings. The van der Waals surface area contributed by atoms with Gasteiger partial charge in [0.15, 0.2) is 5.65 Å². The van der Waals surface area contributed by atoms with E-state index in [4.69, 9.17) is 0 Å². The van der Waals surface area contributed by atoms with Crippen molar-refractivity contribution < 1.29 is 4.79 Å². The standard InChI is InChI=1S/C16H16N4O/c1-10-4-5-13(8-11(10)2)18-16(21)14-6-7-15-17-12(3)9-20(15)19-14/h4-9H,1-3H3,(H,18,21). The number of aryl methyl sites for hydroxylation is 3. The summed E-state index contributed by atoms with van der Waals surface area (Å²) in [5.74, 6) is -0.230. The summed E-state index contributed by atoms with van der Waals surface area (Å²) in [5.41, 5.74) is 5.07. The quantitative estimate of drug-likeness (QED) is 0.785. The summed E-state index contributed by atoms with van der Waals surface area (Å²) >= 11 is 0. The SMILES string of the molecule is Cc1cn2nc(C(=O)Nc3ccc(C)c(C)c3)ccc2n1. The number of carbonyl (C=O) groups is 1. The Balaban J connectivity index is 1.87. The van der Waals surface area contributed by atoms with Crippen LogP contribution in [0.5, 0.6) is 0 Å². The number of carbonyl (C=O) groups excluding carboxylic acids is 1. The first-order chi connectivity index (χ1) is 10.0. The lowest BCUT2D eigenvalue weighted by molar-refractivity contribution is 0.102. The Morgan fingerprint density at radius 1 is 1.10 bits per heavy atom. The van der Waals surface area contributed by atoms with Crippen LogP contribution in [-0.2, 0) is 0 Å². The average molecular weight is 280 g/mol. The van der Waals surface area contributed by atoms with Crippen molar-refractivity contribution in [1.29, 1.82) is 0 Å². The number of imidazole rings is 1. The zero-order valence-electron chi connectivity index (χ0n) is 12.2. The molecule has 21 heavy (non-hydrogen) atoms. The van der Waals surface area contributed by atoms with E-state index in [1.807, 2.05) is 39.0 Å². The number of benzene rings is 1. The Morgan fingerprint density at radius 3 is 2.67 bits per heavy atom. The van der Waals surface area contributed by atoms with Crippen LogP contribution in [0.4, 0.5) is 5.69 Å². The molecule has 5 heteroatoms. The lowest BCUT2D eigenvalue weighted by atomic mass is 10.1. The molecule has 0 bridgehead atoms. The maximum absolute atomic E-state index is 12.3. The maximum Gasteiger partial charge on any atom is 0.276 e. The highest BCUT2D eigenvalue weighted by Crippen LogP contribution is 2.15. The number of fused-ring (bicyclic) bond motifs is 1. The molecule has 2 heterocycles. The lowest BCUT2D eigenvalue weighted by Gasteiger charge is -2.07. The molecule has 1 aromatic carbocycles. The second kappa shape index (κ2) is 5.01. The molecular weight excluding hydrogens is 264 g/mol. The molecule has 0 atom stereocenters. The number of aromatic nitrogens is 3. The van der Waals surface area contributed by atoms with Crippen LogP contribution in [0.3, 0.4) is 0 Å². The number of nitrogens with zero attached hydrogens (tertiary/aromatic N) is 3. The molecule has 3 rings (SSSR count). The van der Waals surface area contributed by atoms with E-state index < -0.39 is 0 Å². The van der Waals surface area contributed by atoms with Crippen LogP contribution in [0.25, 0.3) is 5.65 Å². The number of anilines is 1. The molecule has 106 valence electrons. The summed E-state index contributed by atoms with van der Waals surface area (Å²) in [6.07, 6.45) is 1.79. The van der Waals surface area contributed by atoms with Crippen LogP contribution in [0.2, 0.25) is 0 Å². The van der Waals surface area contributed by atoms with Crippen molar-refractivity contribution in [2.24, 2.45) is 0 Å². The molecule has 0 aliphatic carbocycles. The molecule has 0 spiro atoms. The number of rotatable bonds is 2. The molecule has 0 fully saturated rings. The van der Waals surface area contributed by atoms with Crippen molar-refractivity contribution in [2.45, 2.75) is 20.8 Å². The maximum atomic E-state index is 12.3. The smallest absolute Gasteiger partial charge is 0.276 e. The van der Waals surface area contributed by atoms with Gasteiger partial charge < -0.3 is 5.32 Å². The third-order valence-electron chi connectivity index (χ3n) is 3.44. The van der Waals surface area contributed by atoms with Crippen molar-refractivity contribution in [3.63, 3.8) is 0 Å². The fraction of sp³-hybridized carbons (Fsp3) is 0.188. The van der Waals surface area contributed by atoms with Crippen LogP contribution in [-0.4, -0.2) is 20.5 Å². The molecule has 0 saturated heterocycles. The molecule has 2 aromatic heterocycles. The van der Waals surface area contributed by atoms with Gasteiger partial charge in [-0.3, -0.25) is 4.79 Å². The number of amides is 1. The second-order valence-electron chi connectivity index (χ2n) is 5.16. The summed E-state index contributed by atoms with van der Waals surface area (Å²) in [4.78, 5) is 16.5. The minimum absolute atomic E-state index is 0.230. The highest BCUT2D eigenvalue weighted by atomic mass is 16.1. The van der Waals surface area contributed by atoms with E-state index in [1.54, 1.807) is 22.8 Å². The van der Waals surface area contributed by atoms with Gasteiger partial charge in [-0.2, -0.15) is 5.10 Å². The second-order valence-corrected chi connectivity index (χ2v) is 5.16. The third-order valence-corrected chi connectivity index (χ3v) is 3.44. The summed E-state index contributed by atoms with van der Waals surface area (Å²) in [6, 6.07) is 9.29. The molecule has 0 aliphatic heterocycles. The van der Waals surface area contributed by atoms with Crippen molar-refractivity contribution >= 4 is 17.2 Å². The van der Waals surface area contributed by atoms with E-state index in [0.717, 1.165) is 22.6 Å². The predicted molar refractivity (Wildman–Crippen MR) is 81.6 cm³/mol. The predicted octanol–water partition coefficient (Wildman–Crippen LogP) is 2.91. The molecule has 5 nitrogen and oxygen atoms in total. The summed E-state index contributed by atoms with van der Waals surface area (Å²) in [7, 11) is 0. The van der Waals surface area contributed by atoms with E-state index >= 15 is 0 Å².